The summed E-state index contributed by atoms with van der Waals surface area (Å²) in [5.74, 6) is 0. The van der Waals surface area contributed by atoms with E-state index in [1.54, 1.807) is 0 Å². The molecule has 100 valence electrons. The van der Waals surface area contributed by atoms with E-state index in [-0.39, 0.29) is 0 Å². The second-order valence-corrected chi connectivity index (χ2v) is 6.23. The molecule has 4 heteroatoms. The summed E-state index contributed by atoms with van der Waals surface area (Å²) in [6.07, 6.45) is 3.99. The van der Waals surface area contributed by atoms with E-state index in [0.29, 0.717) is 6.04 Å². The van der Waals surface area contributed by atoms with Crippen LogP contribution in [0.5, 0.6) is 0 Å². The number of nitriles is 1. The fraction of sp³-hybridized carbons (Fsp3) is 0.533. The molecule has 0 aromatic heterocycles. The number of hydrogen-bond acceptors (Lipinski definition) is 3. The number of hydrogen-bond donors (Lipinski definition) is 0. The molecule has 0 radical (unpaired) electrons. The largest absolute Gasteiger partial charge is 0.368 e. The molecule has 0 amide bonds. The molecular formula is C15H18BrN3. The lowest BCUT2D eigenvalue weighted by atomic mass is 9.99. The fourth-order valence-corrected chi connectivity index (χ4v) is 3.71. The predicted octanol–water partition coefficient (Wildman–Crippen LogP) is 3.00. The number of piperazine rings is 1. The first-order valence-electron chi connectivity index (χ1n) is 6.97. The quantitative estimate of drug-likeness (QED) is 0.797. The number of benzene rings is 1. The zero-order valence-corrected chi connectivity index (χ0v) is 12.6. The van der Waals surface area contributed by atoms with Crippen LogP contribution >= 0.6 is 15.9 Å². The summed E-state index contributed by atoms with van der Waals surface area (Å²) in [5.41, 5.74) is 1.86. The van der Waals surface area contributed by atoms with Gasteiger partial charge in [-0.2, -0.15) is 5.26 Å². The first-order chi connectivity index (χ1) is 9.29. The average molecular weight is 320 g/mol. The van der Waals surface area contributed by atoms with Crippen molar-refractivity contribution in [1.82, 2.24) is 4.90 Å². The molecule has 3 rings (SSSR count). The monoisotopic (exact) mass is 319 g/mol. The maximum atomic E-state index is 9.35. The Hall–Kier alpha value is -1.05. The van der Waals surface area contributed by atoms with Crippen LogP contribution in [-0.4, -0.2) is 37.1 Å². The Balaban J connectivity index is 1.84. The third-order valence-corrected chi connectivity index (χ3v) is 4.94. The molecule has 2 aliphatic heterocycles. The van der Waals surface area contributed by atoms with Crippen LogP contribution in [0.4, 0.5) is 5.69 Å². The van der Waals surface area contributed by atoms with Crippen LogP contribution in [0.25, 0.3) is 0 Å². The highest BCUT2D eigenvalue weighted by Gasteiger charge is 2.29. The molecule has 2 aliphatic rings. The first kappa shape index (κ1) is 13.0. The average Bonchev–Trinajstić information content (AvgIpc) is 2.46. The summed E-state index contributed by atoms with van der Waals surface area (Å²) in [5, 5.41) is 9.35. The van der Waals surface area contributed by atoms with Crippen LogP contribution in [0.2, 0.25) is 0 Å². The van der Waals surface area contributed by atoms with Crippen LogP contribution < -0.4 is 4.90 Å². The summed E-state index contributed by atoms with van der Waals surface area (Å²) >= 11 is 3.48. The minimum atomic E-state index is 0.674. The van der Waals surface area contributed by atoms with E-state index in [0.717, 1.165) is 35.4 Å². The Morgan fingerprint density at radius 1 is 1.21 bits per heavy atom. The third-order valence-electron chi connectivity index (χ3n) is 4.28. The Bertz CT molecular complexity index is 509. The molecule has 1 aromatic rings. The van der Waals surface area contributed by atoms with Gasteiger partial charge < -0.3 is 4.90 Å². The van der Waals surface area contributed by atoms with Crippen molar-refractivity contribution in [2.45, 2.75) is 25.3 Å². The zero-order valence-electron chi connectivity index (χ0n) is 11.0. The van der Waals surface area contributed by atoms with Crippen LogP contribution in [0.1, 0.15) is 24.8 Å². The molecule has 1 atom stereocenters. The maximum absolute atomic E-state index is 9.35. The van der Waals surface area contributed by atoms with Crippen molar-refractivity contribution in [3.8, 4) is 6.07 Å². The third kappa shape index (κ3) is 2.50. The number of anilines is 1. The van der Waals surface area contributed by atoms with E-state index in [9.17, 15) is 5.26 Å². The summed E-state index contributed by atoms with van der Waals surface area (Å²) in [6, 6.07) is 9.04. The highest BCUT2D eigenvalue weighted by molar-refractivity contribution is 9.10. The van der Waals surface area contributed by atoms with Crippen molar-refractivity contribution in [3.05, 3.63) is 28.2 Å². The minimum Gasteiger partial charge on any atom is -0.368 e. The zero-order chi connectivity index (χ0) is 13.2. The lowest BCUT2D eigenvalue weighted by Gasteiger charge is -2.45. The molecule has 0 aliphatic carbocycles. The van der Waals surface area contributed by atoms with Gasteiger partial charge in [-0.3, -0.25) is 4.90 Å². The topological polar surface area (TPSA) is 30.3 Å². The van der Waals surface area contributed by atoms with Crippen molar-refractivity contribution in [2.75, 3.05) is 31.1 Å². The van der Waals surface area contributed by atoms with Crippen LogP contribution in [0.3, 0.4) is 0 Å². The van der Waals surface area contributed by atoms with E-state index >= 15 is 0 Å². The highest BCUT2D eigenvalue weighted by Crippen LogP contribution is 2.30. The summed E-state index contributed by atoms with van der Waals surface area (Å²) in [6.45, 7) is 4.47. The molecule has 19 heavy (non-hydrogen) atoms. The number of halogens is 1. The first-order valence-corrected chi connectivity index (χ1v) is 7.76. The van der Waals surface area contributed by atoms with E-state index in [1.807, 2.05) is 12.1 Å². The standard InChI is InChI=1S/C15H18BrN3/c16-14-5-3-6-15(13(14)10-17)19-9-8-18-7-2-1-4-12(18)11-19/h3,5-6,12H,1-2,4,7-9,11H2. The Morgan fingerprint density at radius 3 is 2.95 bits per heavy atom. The van der Waals surface area contributed by atoms with Gasteiger partial charge in [0.25, 0.3) is 0 Å². The summed E-state index contributed by atoms with van der Waals surface area (Å²) in [4.78, 5) is 5.00. The fourth-order valence-electron chi connectivity index (χ4n) is 3.26. The van der Waals surface area contributed by atoms with E-state index in [2.05, 4.69) is 37.9 Å². The highest BCUT2D eigenvalue weighted by atomic mass is 79.9. The number of piperidine rings is 1. The van der Waals surface area contributed by atoms with Gasteiger partial charge in [-0.25, -0.2) is 0 Å². The number of fused-ring (bicyclic) bond motifs is 1. The molecule has 0 spiro atoms. The van der Waals surface area contributed by atoms with E-state index in [4.69, 9.17) is 0 Å². The molecular weight excluding hydrogens is 302 g/mol. The minimum absolute atomic E-state index is 0.674. The van der Waals surface area contributed by atoms with Gasteiger partial charge in [-0.05, 0) is 47.4 Å². The van der Waals surface area contributed by atoms with Crippen molar-refractivity contribution >= 4 is 21.6 Å². The lowest BCUT2D eigenvalue weighted by Crippen LogP contribution is -2.55. The van der Waals surface area contributed by atoms with Crippen LogP contribution in [-0.2, 0) is 0 Å². The normalized spacial score (nSPS) is 23.8. The predicted molar refractivity (Wildman–Crippen MR) is 80.3 cm³/mol. The van der Waals surface area contributed by atoms with Gasteiger partial charge >= 0.3 is 0 Å². The molecule has 0 bridgehead atoms. The van der Waals surface area contributed by atoms with Crippen molar-refractivity contribution < 1.29 is 0 Å². The van der Waals surface area contributed by atoms with E-state index in [1.165, 1.54) is 25.8 Å². The van der Waals surface area contributed by atoms with Gasteiger partial charge in [0.15, 0.2) is 0 Å². The van der Waals surface area contributed by atoms with Crippen LogP contribution in [0, 0.1) is 11.3 Å². The van der Waals surface area contributed by atoms with Gasteiger partial charge in [0, 0.05) is 30.1 Å². The Labute approximate surface area is 122 Å². The molecule has 0 N–H and O–H groups in total. The SMILES string of the molecule is N#Cc1c(Br)cccc1N1CCN2CCCCC2C1. The van der Waals surface area contributed by atoms with Crippen molar-refractivity contribution in [2.24, 2.45) is 0 Å². The molecule has 1 unspecified atom stereocenters. The summed E-state index contributed by atoms with van der Waals surface area (Å²) < 4.78 is 0.901. The summed E-state index contributed by atoms with van der Waals surface area (Å²) in [7, 11) is 0. The molecule has 2 saturated heterocycles. The molecule has 3 nitrogen and oxygen atoms in total. The second kappa shape index (κ2) is 5.52. The molecule has 0 saturated carbocycles. The van der Waals surface area contributed by atoms with Crippen molar-refractivity contribution in [1.29, 1.82) is 5.26 Å². The lowest BCUT2D eigenvalue weighted by molar-refractivity contribution is 0.133. The van der Waals surface area contributed by atoms with Gasteiger partial charge in [0.1, 0.15) is 6.07 Å². The van der Waals surface area contributed by atoms with Gasteiger partial charge in [-0.15, -0.1) is 0 Å². The van der Waals surface area contributed by atoms with Gasteiger partial charge in [0.05, 0.1) is 11.3 Å². The van der Waals surface area contributed by atoms with Gasteiger partial charge in [0.2, 0.25) is 0 Å². The van der Waals surface area contributed by atoms with E-state index < -0.39 is 0 Å². The maximum Gasteiger partial charge on any atom is 0.103 e. The molecule has 1 aromatic carbocycles. The second-order valence-electron chi connectivity index (χ2n) is 5.38. The molecule has 2 fully saturated rings. The number of nitrogens with zero attached hydrogens (tertiary/aromatic N) is 3. The smallest absolute Gasteiger partial charge is 0.103 e. The molecule has 2 heterocycles. The van der Waals surface area contributed by atoms with Crippen LogP contribution in [0.15, 0.2) is 22.7 Å². The number of rotatable bonds is 1. The Kier molecular flexibility index (Phi) is 3.76. The van der Waals surface area contributed by atoms with Crippen molar-refractivity contribution in [3.63, 3.8) is 0 Å². The Morgan fingerprint density at radius 2 is 2.11 bits per heavy atom. The van der Waals surface area contributed by atoms with Gasteiger partial charge in [-0.1, -0.05) is 12.5 Å².